The van der Waals surface area contributed by atoms with E-state index in [2.05, 4.69) is 14.7 Å². The van der Waals surface area contributed by atoms with Crippen molar-refractivity contribution in [3.05, 3.63) is 18.5 Å². The van der Waals surface area contributed by atoms with Crippen LogP contribution in [-0.4, -0.2) is 29.3 Å². The van der Waals surface area contributed by atoms with Gasteiger partial charge in [0, 0.05) is 17.6 Å². The van der Waals surface area contributed by atoms with E-state index in [-0.39, 0.29) is 15.6 Å². The van der Waals surface area contributed by atoms with Crippen LogP contribution in [0.25, 0.3) is 0 Å². The molecule has 8 heteroatoms. The zero-order valence-corrected chi connectivity index (χ0v) is 11.0. The summed E-state index contributed by atoms with van der Waals surface area (Å²) in [5.41, 5.74) is 0.535. The van der Waals surface area contributed by atoms with Crippen LogP contribution >= 0.6 is 11.8 Å². The third kappa shape index (κ3) is 2.96. The molecule has 1 aliphatic heterocycles. The van der Waals surface area contributed by atoms with Crippen molar-refractivity contribution in [2.24, 2.45) is 4.40 Å². The molecule has 2 rings (SSSR count). The lowest BCUT2D eigenvalue weighted by molar-refractivity contribution is 0.597. The molecule has 0 fully saturated rings. The van der Waals surface area contributed by atoms with Crippen LogP contribution in [0.5, 0.6) is 0 Å². The summed E-state index contributed by atoms with van der Waals surface area (Å²) in [6.07, 6.45) is 2.85. The van der Waals surface area contributed by atoms with Gasteiger partial charge in [-0.05, 0) is 6.07 Å². The average molecular weight is 275 g/mol. The molecule has 0 aromatic carbocycles. The van der Waals surface area contributed by atoms with Gasteiger partial charge in [0.15, 0.2) is 5.17 Å². The lowest BCUT2D eigenvalue weighted by Gasteiger charge is -2.17. The van der Waals surface area contributed by atoms with Crippen LogP contribution in [0.1, 0.15) is 13.8 Å². The number of sulfonamides is 1. The van der Waals surface area contributed by atoms with E-state index in [1.54, 1.807) is 12.3 Å². The number of pyridine rings is 1. The van der Waals surface area contributed by atoms with Crippen molar-refractivity contribution in [3.8, 4) is 0 Å². The summed E-state index contributed by atoms with van der Waals surface area (Å²) in [5, 5.41) is 3.66. The Morgan fingerprint density at radius 3 is 2.76 bits per heavy atom. The van der Waals surface area contributed by atoms with E-state index < -0.39 is 10.0 Å². The second-order valence-electron chi connectivity index (χ2n) is 3.53. The van der Waals surface area contributed by atoms with Crippen LogP contribution in [0.2, 0.25) is 0 Å². The predicted octanol–water partition coefficient (Wildman–Crippen LogP) is 0.869. The Morgan fingerprint density at radius 1 is 1.41 bits per heavy atom. The van der Waals surface area contributed by atoms with Gasteiger partial charge in [-0.25, -0.2) is 0 Å². The highest BCUT2D eigenvalue weighted by Crippen LogP contribution is 2.29. The summed E-state index contributed by atoms with van der Waals surface area (Å²) in [6, 6.07) is 1.63. The van der Waals surface area contributed by atoms with Crippen LogP contribution in [0, 0.1) is 0 Å². The number of hydrogen-bond acceptors (Lipinski definition) is 5. The minimum atomic E-state index is -3.59. The van der Waals surface area contributed by atoms with E-state index in [0.29, 0.717) is 10.9 Å². The van der Waals surface area contributed by atoms with Gasteiger partial charge in [-0.2, -0.15) is 8.42 Å². The van der Waals surface area contributed by atoms with E-state index in [1.807, 2.05) is 13.8 Å². The average Bonchev–Trinajstić information content (AvgIpc) is 2.15. The first-order chi connectivity index (χ1) is 7.49. The van der Waals surface area contributed by atoms with Crippen LogP contribution in [0.3, 0.4) is 0 Å². The van der Waals surface area contributed by atoms with Crippen LogP contribution in [0.4, 0.5) is 5.69 Å². The molecule has 0 saturated carbocycles. The third-order valence-electron chi connectivity index (χ3n) is 1.85. The van der Waals surface area contributed by atoms with Crippen LogP contribution in [-0.2, 0) is 10.0 Å². The number of aromatic nitrogens is 1. The molecule has 2 heterocycles. The van der Waals surface area contributed by atoms with Crippen molar-refractivity contribution in [2.75, 3.05) is 5.32 Å². The Kier molecular flexibility index (Phi) is 4.12. The molecule has 0 saturated heterocycles. The normalized spacial score (nSPS) is 16.5. The first-order valence-electron chi connectivity index (χ1n) is 4.72. The Hall–Kier alpha value is -1.12. The maximum absolute atomic E-state index is 11.8. The SMILES string of the molecule is CC(C)SC1=NS(=O)(=O)c2cnccc2N1.O. The first-order valence-corrected chi connectivity index (χ1v) is 7.03. The fraction of sp³-hybridized carbons (Fsp3) is 0.333. The van der Waals surface area contributed by atoms with Gasteiger partial charge >= 0.3 is 0 Å². The zero-order chi connectivity index (χ0) is 11.8. The van der Waals surface area contributed by atoms with Crippen LogP contribution in [0.15, 0.2) is 27.8 Å². The lowest BCUT2D eigenvalue weighted by atomic mass is 10.4. The third-order valence-corrected chi connectivity index (χ3v) is 4.16. The quantitative estimate of drug-likeness (QED) is 0.819. The summed E-state index contributed by atoms with van der Waals surface area (Å²) >= 11 is 1.38. The van der Waals surface area contributed by atoms with Gasteiger partial charge in [0.2, 0.25) is 0 Å². The van der Waals surface area contributed by atoms with Crippen molar-refractivity contribution in [3.63, 3.8) is 0 Å². The first kappa shape index (κ1) is 13.9. The van der Waals surface area contributed by atoms with Gasteiger partial charge in [-0.3, -0.25) is 4.98 Å². The van der Waals surface area contributed by atoms with Crippen molar-refractivity contribution in [2.45, 2.75) is 24.0 Å². The van der Waals surface area contributed by atoms with E-state index in [1.165, 1.54) is 18.0 Å². The maximum atomic E-state index is 11.8. The number of nitrogens with zero attached hydrogens (tertiary/aromatic N) is 2. The summed E-state index contributed by atoms with van der Waals surface area (Å²) in [5.74, 6) is 0. The minimum Gasteiger partial charge on any atom is -0.412 e. The molecule has 0 amide bonds. The fourth-order valence-corrected chi connectivity index (χ4v) is 3.29. The summed E-state index contributed by atoms with van der Waals surface area (Å²) in [4.78, 5) is 3.91. The van der Waals surface area contributed by atoms with Gasteiger partial charge in [0.25, 0.3) is 10.0 Å². The molecule has 0 radical (unpaired) electrons. The van der Waals surface area contributed by atoms with Crippen LogP contribution < -0.4 is 5.32 Å². The molecule has 1 aliphatic rings. The molecule has 94 valence electrons. The number of hydrogen-bond donors (Lipinski definition) is 1. The summed E-state index contributed by atoms with van der Waals surface area (Å²) < 4.78 is 27.3. The second kappa shape index (κ2) is 5.03. The molecule has 0 aliphatic carbocycles. The van der Waals surface area contributed by atoms with E-state index in [4.69, 9.17) is 0 Å². The van der Waals surface area contributed by atoms with E-state index >= 15 is 0 Å². The Morgan fingerprint density at radius 2 is 2.12 bits per heavy atom. The Bertz CT molecular complexity index is 540. The fourth-order valence-electron chi connectivity index (χ4n) is 1.26. The smallest absolute Gasteiger partial charge is 0.288 e. The number of fused-ring (bicyclic) bond motifs is 1. The van der Waals surface area contributed by atoms with Crippen molar-refractivity contribution in [1.29, 1.82) is 0 Å². The van der Waals surface area contributed by atoms with Crippen molar-refractivity contribution < 1.29 is 13.9 Å². The summed E-state index contributed by atoms with van der Waals surface area (Å²) in [7, 11) is -3.59. The highest BCUT2D eigenvalue weighted by molar-refractivity contribution is 8.15. The van der Waals surface area contributed by atoms with Crippen molar-refractivity contribution >= 4 is 32.6 Å². The molecular weight excluding hydrogens is 262 g/mol. The second-order valence-corrected chi connectivity index (χ2v) is 6.67. The molecule has 1 aromatic rings. The van der Waals surface area contributed by atoms with E-state index in [0.717, 1.165) is 0 Å². The molecule has 0 atom stereocenters. The van der Waals surface area contributed by atoms with Gasteiger partial charge in [-0.15, -0.1) is 4.40 Å². The molecule has 6 nitrogen and oxygen atoms in total. The number of thioether (sulfide) groups is 1. The molecule has 0 spiro atoms. The van der Waals surface area contributed by atoms with Gasteiger partial charge in [0.05, 0.1) is 5.69 Å². The molecule has 3 N–H and O–H groups in total. The van der Waals surface area contributed by atoms with Gasteiger partial charge < -0.3 is 10.8 Å². The largest absolute Gasteiger partial charge is 0.412 e. The monoisotopic (exact) mass is 275 g/mol. The molecular formula is C9H13N3O3S2. The minimum absolute atomic E-state index is 0. The van der Waals surface area contributed by atoms with Crippen molar-refractivity contribution in [1.82, 2.24) is 4.98 Å². The number of anilines is 1. The molecule has 0 bridgehead atoms. The number of amidine groups is 1. The molecule has 17 heavy (non-hydrogen) atoms. The molecule has 0 unspecified atom stereocenters. The number of nitrogens with one attached hydrogen (secondary N) is 1. The zero-order valence-electron chi connectivity index (χ0n) is 9.34. The topological polar surface area (TPSA) is 103 Å². The standard InChI is InChI=1S/C9H11N3O2S2.H2O/c1-6(2)15-9-11-7-3-4-10-5-8(7)16(13,14)12-9;/h3-6H,1-2H3,(H,11,12);1H2. The summed E-state index contributed by atoms with van der Waals surface area (Å²) in [6.45, 7) is 3.95. The Balaban J connectivity index is 0.00000144. The highest BCUT2D eigenvalue weighted by atomic mass is 32.2. The van der Waals surface area contributed by atoms with E-state index in [9.17, 15) is 8.42 Å². The Labute approximate surface area is 104 Å². The maximum Gasteiger partial charge on any atom is 0.288 e. The van der Waals surface area contributed by atoms with Gasteiger partial charge in [-0.1, -0.05) is 25.6 Å². The highest BCUT2D eigenvalue weighted by Gasteiger charge is 2.25. The molecule has 1 aromatic heterocycles. The lowest BCUT2D eigenvalue weighted by Crippen LogP contribution is -2.20. The van der Waals surface area contributed by atoms with Gasteiger partial charge in [0.1, 0.15) is 4.90 Å². The predicted molar refractivity (Wildman–Crippen MR) is 68.8 cm³/mol. The number of rotatable bonds is 1.